The highest BCUT2D eigenvalue weighted by Gasteiger charge is 2.30. The number of amides is 1. The lowest BCUT2D eigenvalue weighted by Crippen LogP contribution is -2.40. The number of hydrogen-bond donors (Lipinski definition) is 2. The van der Waals surface area contributed by atoms with Gasteiger partial charge in [0.2, 0.25) is 0 Å². The topological polar surface area (TPSA) is 64.4 Å². The minimum absolute atomic E-state index is 0.122. The molecule has 106 valence electrons. The van der Waals surface area contributed by atoms with Gasteiger partial charge in [-0.3, -0.25) is 4.79 Å². The van der Waals surface area contributed by atoms with Gasteiger partial charge in [-0.15, -0.1) is 0 Å². The van der Waals surface area contributed by atoms with Crippen molar-refractivity contribution in [3.8, 4) is 11.8 Å². The van der Waals surface area contributed by atoms with Crippen molar-refractivity contribution >= 4 is 5.91 Å². The summed E-state index contributed by atoms with van der Waals surface area (Å²) in [5.41, 5.74) is 6.41. The Balaban J connectivity index is 2.05. The van der Waals surface area contributed by atoms with Crippen LogP contribution in [-0.4, -0.2) is 31.2 Å². The van der Waals surface area contributed by atoms with E-state index >= 15 is 0 Å². The van der Waals surface area contributed by atoms with E-state index in [1.165, 1.54) is 0 Å². The van der Waals surface area contributed by atoms with Crippen LogP contribution in [0.15, 0.2) is 24.3 Å². The molecule has 1 heterocycles. The van der Waals surface area contributed by atoms with Gasteiger partial charge in [0.25, 0.3) is 5.91 Å². The number of rotatable bonds is 3. The fourth-order valence-electron chi connectivity index (χ4n) is 2.28. The van der Waals surface area contributed by atoms with Crippen LogP contribution in [0.5, 0.6) is 0 Å². The third kappa shape index (κ3) is 3.60. The molecular weight excluding hydrogens is 252 g/mol. The van der Waals surface area contributed by atoms with E-state index in [9.17, 15) is 4.79 Å². The maximum Gasteiger partial charge on any atom is 0.252 e. The number of nitrogens with one attached hydrogen (secondary N) is 1. The summed E-state index contributed by atoms with van der Waals surface area (Å²) in [7, 11) is 0. The van der Waals surface area contributed by atoms with E-state index in [1.54, 1.807) is 6.07 Å². The SMILES string of the molecule is CC1(CNC(=O)c2ccccc2C#CCN)CCCO1. The molecule has 1 aromatic rings. The van der Waals surface area contributed by atoms with E-state index in [0.717, 1.165) is 19.4 Å². The number of ether oxygens (including phenoxy) is 1. The van der Waals surface area contributed by atoms with E-state index in [1.807, 2.05) is 25.1 Å². The van der Waals surface area contributed by atoms with Gasteiger partial charge in [-0.05, 0) is 31.9 Å². The Hall–Kier alpha value is -1.83. The van der Waals surface area contributed by atoms with E-state index < -0.39 is 0 Å². The molecule has 1 unspecified atom stereocenters. The minimum atomic E-state index is -0.243. The molecule has 0 aromatic heterocycles. The second-order valence-electron chi connectivity index (χ2n) is 5.14. The van der Waals surface area contributed by atoms with Gasteiger partial charge in [-0.2, -0.15) is 0 Å². The Labute approximate surface area is 119 Å². The summed E-state index contributed by atoms with van der Waals surface area (Å²) < 4.78 is 5.66. The van der Waals surface area contributed by atoms with Gasteiger partial charge in [0.05, 0.1) is 17.7 Å². The molecule has 4 heteroatoms. The third-order valence-electron chi connectivity index (χ3n) is 3.42. The van der Waals surface area contributed by atoms with Crippen molar-refractivity contribution < 1.29 is 9.53 Å². The molecule has 1 amide bonds. The van der Waals surface area contributed by atoms with Crippen molar-refractivity contribution in [2.24, 2.45) is 5.73 Å². The number of carbonyl (C=O) groups is 1. The first-order chi connectivity index (χ1) is 9.64. The van der Waals surface area contributed by atoms with Gasteiger partial charge in [0.15, 0.2) is 0 Å². The lowest BCUT2D eigenvalue weighted by Gasteiger charge is -2.23. The minimum Gasteiger partial charge on any atom is -0.373 e. The highest BCUT2D eigenvalue weighted by molar-refractivity contribution is 5.96. The molecule has 1 fully saturated rings. The third-order valence-corrected chi connectivity index (χ3v) is 3.42. The fraction of sp³-hybridized carbons (Fsp3) is 0.438. The zero-order valence-electron chi connectivity index (χ0n) is 11.7. The van der Waals surface area contributed by atoms with Crippen LogP contribution >= 0.6 is 0 Å². The Bertz CT molecular complexity index is 537. The van der Waals surface area contributed by atoms with Gasteiger partial charge in [0, 0.05) is 18.7 Å². The molecule has 1 aromatic carbocycles. The van der Waals surface area contributed by atoms with E-state index in [0.29, 0.717) is 17.7 Å². The standard InChI is InChI=1S/C16H20N2O2/c1-16(9-5-11-20-16)12-18-15(19)14-8-3-2-6-13(14)7-4-10-17/h2-3,6,8H,5,9-12,17H2,1H3,(H,18,19). The lowest BCUT2D eigenvalue weighted by molar-refractivity contribution is 0.0206. The number of benzene rings is 1. The Morgan fingerprint density at radius 1 is 1.50 bits per heavy atom. The largest absolute Gasteiger partial charge is 0.373 e. The average Bonchev–Trinajstić information content (AvgIpc) is 2.90. The van der Waals surface area contributed by atoms with Gasteiger partial charge < -0.3 is 15.8 Å². The molecular formula is C16H20N2O2. The van der Waals surface area contributed by atoms with Gasteiger partial charge in [-0.25, -0.2) is 0 Å². The van der Waals surface area contributed by atoms with Crippen molar-refractivity contribution in [2.75, 3.05) is 19.7 Å². The first-order valence-electron chi connectivity index (χ1n) is 6.85. The monoisotopic (exact) mass is 272 g/mol. The normalized spacial score (nSPS) is 21.1. The first kappa shape index (κ1) is 14.6. The molecule has 0 aliphatic carbocycles. The van der Waals surface area contributed by atoms with Crippen molar-refractivity contribution in [2.45, 2.75) is 25.4 Å². The van der Waals surface area contributed by atoms with Crippen LogP contribution in [0.3, 0.4) is 0 Å². The Morgan fingerprint density at radius 2 is 2.30 bits per heavy atom. The highest BCUT2D eigenvalue weighted by atomic mass is 16.5. The lowest BCUT2D eigenvalue weighted by atomic mass is 10.0. The van der Waals surface area contributed by atoms with Crippen LogP contribution in [0, 0.1) is 11.8 Å². The average molecular weight is 272 g/mol. The van der Waals surface area contributed by atoms with Crippen molar-refractivity contribution in [1.82, 2.24) is 5.32 Å². The predicted molar refractivity (Wildman–Crippen MR) is 78.3 cm³/mol. The van der Waals surface area contributed by atoms with Crippen LogP contribution < -0.4 is 11.1 Å². The molecule has 20 heavy (non-hydrogen) atoms. The molecule has 3 N–H and O–H groups in total. The van der Waals surface area contributed by atoms with E-state index in [-0.39, 0.29) is 18.1 Å². The predicted octanol–water partition coefficient (Wildman–Crippen LogP) is 1.30. The van der Waals surface area contributed by atoms with Crippen molar-refractivity contribution in [3.05, 3.63) is 35.4 Å². The summed E-state index contributed by atoms with van der Waals surface area (Å²) in [5, 5.41) is 2.94. The second kappa shape index (κ2) is 6.56. The molecule has 1 atom stereocenters. The molecule has 0 bridgehead atoms. The molecule has 0 radical (unpaired) electrons. The highest BCUT2D eigenvalue weighted by Crippen LogP contribution is 2.24. The molecule has 1 saturated heterocycles. The van der Waals surface area contributed by atoms with Crippen LogP contribution in [0.2, 0.25) is 0 Å². The molecule has 4 nitrogen and oxygen atoms in total. The Morgan fingerprint density at radius 3 is 3.00 bits per heavy atom. The second-order valence-corrected chi connectivity index (χ2v) is 5.14. The number of hydrogen-bond acceptors (Lipinski definition) is 3. The van der Waals surface area contributed by atoms with E-state index in [2.05, 4.69) is 17.2 Å². The van der Waals surface area contributed by atoms with Crippen molar-refractivity contribution in [1.29, 1.82) is 0 Å². The van der Waals surface area contributed by atoms with Crippen molar-refractivity contribution in [3.63, 3.8) is 0 Å². The quantitative estimate of drug-likeness (QED) is 0.815. The van der Waals surface area contributed by atoms with E-state index in [4.69, 9.17) is 10.5 Å². The van der Waals surface area contributed by atoms with Crippen LogP contribution in [0.25, 0.3) is 0 Å². The number of carbonyl (C=O) groups excluding carboxylic acids is 1. The first-order valence-corrected chi connectivity index (χ1v) is 6.85. The summed E-state index contributed by atoms with van der Waals surface area (Å²) in [6, 6.07) is 7.29. The Kier molecular flexibility index (Phi) is 4.78. The van der Waals surface area contributed by atoms with Gasteiger partial charge >= 0.3 is 0 Å². The van der Waals surface area contributed by atoms with Crippen LogP contribution in [0.4, 0.5) is 0 Å². The summed E-state index contributed by atoms with van der Waals surface area (Å²) in [4.78, 5) is 12.3. The summed E-state index contributed by atoms with van der Waals surface area (Å²) in [6.07, 6.45) is 2.02. The van der Waals surface area contributed by atoms with Gasteiger partial charge in [0.1, 0.15) is 0 Å². The molecule has 2 rings (SSSR count). The maximum absolute atomic E-state index is 12.3. The summed E-state index contributed by atoms with van der Waals surface area (Å²) in [6.45, 7) is 3.59. The number of nitrogens with two attached hydrogens (primary N) is 1. The summed E-state index contributed by atoms with van der Waals surface area (Å²) >= 11 is 0. The molecule has 1 aliphatic rings. The molecule has 0 saturated carbocycles. The molecule has 0 spiro atoms. The van der Waals surface area contributed by atoms with Crippen LogP contribution in [-0.2, 0) is 4.74 Å². The zero-order chi connectivity index (χ0) is 14.4. The smallest absolute Gasteiger partial charge is 0.252 e. The summed E-state index contributed by atoms with van der Waals surface area (Å²) in [5.74, 6) is 5.58. The van der Waals surface area contributed by atoms with Crippen LogP contribution in [0.1, 0.15) is 35.7 Å². The fourth-order valence-corrected chi connectivity index (χ4v) is 2.28. The maximum atomic E-state index is 12.3. The van der Waals surface area contributed by atoms with Gasteiger partial charge in [-0.1, -0.05) is 24.0 Å². The zero-order valence-corrected chi connectivity index (χ0v) is 11.7. The molecule has 1 aliphatic heterocycles.